The van der Waals surface area contributed by atoms with E-state index in [0.717, 1.165) is 9.99 Å². The Bertz CT molecular complexity index is 1860. The third kappa shape index (κ3) is 5.88. The summed E-state index contributed by atoms with van der Waals surface area (Å²) in [6.45, 7) is 0.722. The molecule has 4 atom stereocenters. The molecule has 0 bridgehead atoms. The van der Waals surface area contributed by atoms with Crippen LogP contribution in [0.25, 0.3) is 0 Å². The second kappa shape index (κ2) is 12.8. The van der Waals surface area contributed by atoms with Crippen LogP contribution < -0.4 is 33.3 Å². The standard InChI is InChI=1S/C33H34FN3O11S/c1-42-26-12-18(13-27(43-2)31(26)44-3)28-21-14-24-25(47-17-46-24)15-22(21)30(23-16-45-32(38)29(23)28)48-33(39)35-49(40,41)37-10-8-36(9-11-37)20-6-4-19(34)5-7-20/h4-7,12-15,23,28-30H,8-11,16-17H2,1-3H3,(H,35,39)/t23-,28+,29-,30-/m0/s1. The maximum absolute atomic E-state index is 13.4. The van der Waals surface area contributed by atoms with E-state index in [9.17, 15) is 22.4 Å². The molecule has 3 heterocycles. The lowest BCUT2D eigenvalue weighted by molar-refractivity contribution is -0.141. The molecular formula is C33H34FN3O11S. The summed E-state index contributed by atoms with van der Waals surface area (Å²) in [6.07, 6.45) is -2.29. The lowest BCUT2D eigenvalue weighted by atomic mass is 9.66. The number of nitrogens with zero attached hydrogens (tertiary/aromatic N) is 2. The number of fused-ring (bicyclic) bond motifs is 3. The number of halogens is 1. The molecule has 7 rings (SSSR count). The second-order valence-electron chi connectivity index (χ2n) is 11.9. The SMILES string of the molecule is COc1cc([C@@H]2c3cc4c(cc3[C@H](OC(=O)NS(=O)(=O)N3CCN(c5ccc(F)cc5)CC3)[C@H]3COC(=O)[C@H]23)OCO4)cc(OC)c1OC. The number of carbonyl (C=O) groups excluding carboxylic acids is 2. The molecule has 0 spiro atoms. The third-order valence-corrected chi connectivity index (χ3v) is 10.9. The van der Waals surface area contributed by atoms with Crippen molar-refractivity contribution in [3.8, 4) is 28.7 Å². The van der Waals surface area contributed by atoms with Crippen LogP contribution >= 0.6 is 0 Å². The first kappa shape index (κ1) is 32.6. The van der Waals surface area contributed by atoms with Crippen molar-refractivity contribution in [2.45, 2.75) is 12.0 Å². The number of anilines is 1. The monoisotopic (exact) mass is 699 g/mol. The summed E-state index contributed by atoms with van der Waals surface area (Å²) in [4.78, 5) is 28.7. The second-order valence-corrected chi connectivity index (χ2v) is 13.6. The maximum atomic E-state index is 13.4. The van der Waals surface area contributed by atoms with Crippen LogP contribution in [0.3, 0.4) is 0 Å². The van der Waals surface area contributed by atoms with E-state index in [1.807, 2.05) is 9.62 Å². The van der Waals surface area contributed by atoms with Crippen LogP contribution in [-0.2, 0) is 24.5 Å². The Morgan fingerprint density at radius 3 is 2.12 bits per heavy atom. The van der Waals surface area contributed by atoms with Crippen LogP contribution in [-0.4, -0.2) is 85.7 Å². The van der Waals surface area contributed by atoms with Gasteiger partial charge in [0, 0.05) is 49.3 Å². The number of methoxy groups -OCH3 is 3. The minimum atomic E-state index is -4.30. The average molecular weight is 700 g/mol. The number of carbonyl (C=O) groups is 2. The highest BCUT2D eigenvalue weighted by Gasteiger charge is 2.54. The molecule has 260 valence electrons. The number of cyclic esters (lactones) is 1. The van der Waals surface area contributed by atoms with Crippen LogP contribution in [0.15, 0.2) is 48.5 Å². The molecule has 2 fully saturated rings. The van der Waals surface area contributed by atoms with Gasteiger partial charge in [0.15, 0.2) is 23.0 Å². The summed E-state index contributed by atoms with van der Waals surface area (Å²) < 4.78 is 82.6. The van der Waals surface area contributed by atoms with Crippen LogP contribution in [0, 0.1) is 17.7 Å². The average Bonchev–Trinajstić information content (AvgIpc) is 3.73. The predicted molar refractivity (Wildman–Crippen MR) is 170 cm³/mol. The lowest BCUT2D eigenvalue weighted by Crippen LogP contribution is -2.53. The van der Waals surface area contributed by atoms with E-state index < -0.39 is 46.1 Å². The first-order valence-electron chi connectivity index (χ1n) is 15.5. The van der Waals surface area contributed by atoms with E-state index in [-0.39, 0.29) is 32.3 Å². The topological polar surface area (TPSA) is 151 Å². The van der Waals surface area contributed by atoms with Crippen LogP contribution in [0.1, 0.15) is 28.7 Å². The van der Waals surface area contributed by atoms with Crippen molar-refractivity contribution >= 4 is 28.0 Å². The molecule has 1 aliphatic carbocycles. The molecule has 3 aliphatic heterocycles. The summed E-state index contributed by atoms with van der Waals surface area (Å²) in [5.41, 5.74) is 2.50. The Kier molecular flexibility index (Phi) is 8.52. The molecular weight excluding hydrogens is 665 g/mol. The van der Waals surface area contributed by atoms with Gasteiger partial charge >= 0.3 is 22.3 Å². The Hall–Kier alpha value is -4.96. The number of amides is 1. The molecule has 0 radical (unpaired) electrons. The summed E-state index contributed by atoms with van der Waals surface area (Å²) >= 11 is 0. The summed E-state index contributed by atoms with van der Waals surface area (Å²) in [6, 6.07) is 12.8. The molecule has 4 aliphatic rings. The van der Waals surface area contributed by atoms with Gasteiger partial charge in [0.1, 0.15) is 11.9 Å². The van der Waals surface area contributed by atoms with E-state index in [1.165, 1.54) is 33.5 Å². The number of hydrogen-bond acceptors (Lipinski definition) is 12. The van der Waals surface area contributed by atoms with Crippen LogP contribution in [0.4, 0.5) is 14.9 Å². The summed E-state index contributed by atoms with van der Waals surface area (Å²) in [7, 11) is 0.164. The smallest absolute Gasteiger partial charge is 0.422 e. The van der Waals surface area contributed by atoms with Gasteiger partial charge in [-0.3, -0.25) is 4.79 Å². The number of nitrogens with one attached hydrogen (secondary N) is 1. The Morgan fingerprint density at radius 1 is 0.878 bits per heavy atom. The highest BCUT2D eigenvalue weighted by Crippen LogP contribution is 2.56. The number of hydrogen-bond donors (Lipinski definition) is 1. The molecule has 2 saturated heterocycles. The number of rotatable bonds is 8. The molecule has 16 heteroatoms. The molecule has 49 heavy (non-hydrogen) atoms. The van der Waals surface area contributed by atoms with Gasteiger partial charge in [-0.2, -0.15) is 12.7 Å². The van der Waals surface area contributed by atoms with Gasteiger partial charge in [0.2, 0.25) is 12.5 Å². The zero-order valence-corrected chi connectivity index (χ0v) is 27.7. The van der Waals surface area contributed by atoms with Gasteiger partial charge < -0.3 is 38.1 Å². The molecule has 0 unspecified atom stereocenters. The number of ether oxygens (including phenoxy) is 7. The molecule has 0 aromatic heterocycles. The van der Waals surface area contributed by atoms with Gasteiger partial charge in [0.25, 0.3) is 0 Å². The largest absolute Gasteiger partial charge is 0.493 e. The normalized spacial score (nSPS) is 22.9. The molecule has 0 saturated carbocycles. The van der Waals surface area contributed by atoms with E-state index in [0.29, 0.717) is 58.5 Å². The van der Waals surface area contributed by atoms with Crippen molar-refractivity contribution in [3.05, 3.63) is 71.0 Å². The molecule has 1 N–H and O–H groups in total. The minimum Gasteiger partial charge on any atom is -0.493 e. The molecule has 3 aromatic rings. The minimum absolute atomic E-state index is 0.0271. The molecule has 1 amide bonds. The molecule has 14 nitrogen and oxygen atoms in total. The number of piperazine rings is 1. The molecule has 3 aromatic carbocycles. The number of benzene rings is 3. The van der Waals surface area contributed by atoms with Crippen LogP contribution in [0.5, 0.6) is 28.7 Å². The van der Waals surface area contributed by atoms with Gasteiger partial charge in [-0.25, -0.2) is 13.9 Å². The fourth-order valence-corrected chi connectivity index (χ4v) is 8.12. The van der Waals surface area contributed by atoms with Gasteiger partial charge in [-0.05, 0) is 59.7 Å². The lowest BCUT2D eigenvalue weighted by Gasteiger charge is -2.39. The summed E-state index contributed by atoms with van der Waals surface area (Å²) in [5, 5.41) is 0. The fraction of sp³-hybridized carbons (Fsp3) is 0.394. The fourth-order valence-electron chi connectivity index (χ4n) is 7.09. The van der Waals surface area contributed by atoms with Crippen molar-refractivity contribution in [2.24, 2.45) is 11.8 Å². The number of esters is 1. The van der Waals surface area contributed by atoms with Crippen molar-refractivity contribution in [1.82, 2.24) is 9.03 Å². The van der Waals surface area contributed by atoms with Gasteiger partial charge in [-0.15, -0.1) is 0 Å². The van der Waals surface area contributed by atoms with E-state index in [1.54, 1.807) is 36.4 Å². The van der Waals surface area contributed by atoms with Crippen LogP contribution in [0.2, 0.25) is 0 Å². The van der Waals surface area contributed by atoms with Crippen molar-refractivity contribution in [1.29, 1.82) is 0 Å². The van der Waals surface area contributed by atoms with E-state index >= 15 is 0 Å². The first-order chi connectivity index (χ1) is 23.6. The first-order valence-corrected chi connectivity index (χ1v) is 16.9. The van der Waals surface area contributed by atoms with E-state index in [4.69, 9.17) is 33.2 Å². The van der Waals surface area contributed by atoms with Crippen molar-refractivity contribution < 1.29 is 55.6 Å². The predicted octanol–water partition coefficient (Wildman–Crippen LogP) is 3.35. The Labute approximate surface area is 281 Å². The zero-order chi connectivity index (χ0) is 34.4. The third-order valence-electron chi connectivity index (χ3n) is 9.38. The van der Waals surface area contributed by atoms with Crippen molar-refractivity contribution in [3.63, 3.8) is 0 Å². The zero-order valence-electron chi connectivity index (χ0n) is 26.8. The van der Waals surface area contributed by atoms with Gasteiger partial charge in [-0.1, -0.05) is 0 Å². The highest BCUT2D eigenvalue weighted by atomic mass is 32.2. The van der Waals surface area contributed by atoms with E-state index in [2.05, 4.69) is 0 Å². The van der Waals surface area contributed by atoms with Crippen molar-refractivity contribution in [2.75, 3.05) is 65.8 Å². The quantitative estimate of drug-likeness (QED) is 0.344. The summed E-state index contributed by atoms with van der Waals surface area (Å²) in [5.74, 6) is -1.03. The maximum Gasteiger partial charge on any atom is 0.422 e. The highest BCUT2D eigenvalue weighted by molar-refractivity contribution is 7.87. The Morgan fingerprint density at radius 2 is 1.51 bits per heavy atom. The van der Waals surface area contributed by atoms with Gasteiger partial charge in [0.05, 0.1) is 33.9 Å². The Balaban J connectivity index is 1.17.